The molecule has 1 atom stereocenters. The second kappa shape index (κ2) is 9.77. The molecule has 1 N–H and O–H groups in total. The normalized spacial score (nSPS) is 18.3. The van der Waals surface area contributed by atoms with Crippen molar-refractivity contribution in [3.8, 4) is 17.6 Å². The summed E-state index contributed by atoms with van der Waals surface area (Å²) in [6.07, 6.45) is 1.54. The molecule has 2 aromatic rings. The van der Waals surface area contributed by atoms with Crippen LogP contribution in [0.4, 0.5) is 4.79 Å². The summed E-state index contributed by atoms with van der Waals surface area (Å²) >= 11 is 6.37. The summed E-state index contributed by atoms with van der Waals surface area (Å²) in [6, 6.07) is 12.9. The molecule has 1 aliphatic heterocycles. The quantitative estimate of drug-likeness (QED) is 0.469. The molecule has 162 valence electrons. The summed E-state index contributed by atoms with van der Waals surface area (Å²) in [7, 11) is -2.65. The molecule has 31 heavy (non-hydrogen) atoms. The van der Waals surface area contributed by atoms with Crippen molar-refractivity contribution in [3.05, 3.63) is 59.1 Å². The molecule has 0 aromatic heterocycles. The molecule has 0 saturated carbocycles. The third-order valence-corrected chi connectivity index (χ3v) is 9.07. The molecule has 0 aliphatic carbocycles. The average Bonchev–Trinajstić information content (AvgIpc) is 3.06. The van der Waals surface area contributed by atoms with Crippen LogP contribution in [0.3, 0.4) is 0 Å². The van der Waals surface area contributed by atoms with Crippen molar-refractivity contribution in [2.75, 3.05) is 7.11 Å². The van der Waals surface area contributed by atoms with Crippen LogP contribution in [-0.2, 0) is 14.6 Å². The van der Waals surface area contributed by atoms with Gasteiger partial charge in [0.25, 0.3) is 11.1 Å². The number of carbonyl (C=O) groups is 2. The first kappa shape index (κ1) is 23.2. The van der Waals surface area contributed by atoms with E-state index in [0.717, 1.165) is 5.56 Å². The van der Waals surface area contributed by atoms with E-state index in [1.165, 1.54) is 31.4 Å². The number of rotatable bonds is 7. The van der Waals surface area contributed by atoms with E-state index >= 15 is 0 Å². The summed E-state index contributed by atoms with van der Waals surface area (Å²) in [5.41, 5.74) is 0.833. The molecule has 3 rings (SSSR count). The van der Waals surface area contributed by atoms with Crippen molar-refractivity contribution in [2.45, 2.75) is 34.7 Å². The van der Waals surface area contributed by atoms with Crippen LogP contribution in [0.2, 0.25) is 5.02 Å². The van der Waals surface area contributed by atoms with Crippen LogP contribution >= 0.6 is 23.4 Å². The fourth-order valence-electron chi connectivity index (χ4n) is 3.10. The Balaban J connectivity index is 1.71. The first-order valence-electron chi connectivity index (χ1n) is 9.46. The van der Waals surface area contributed by atoms with Crippen LogP contribution in [0, 0.1) is 11.8 Å². The SMILES string of the molecule is COc1ccc(S(=O)(=O)C2(CCCCC#Cc3ccc(Cl)cc3)SC(=O)NC2=O)cc1. The lowest BCUT2D eigenvalue weighted by atomic mass is 10.1. The Morgan fingerprint density at radius 3 is 2.32 bits per heavy atom. The minimum Gasteiger partial charge on any atom is -0.497 e. The average molecular weight is 478 g/mol. The minimum absolute atomic E-state index is 0.00618. The van der Waals surface area contributed by atoms with E-state index in [4.69, 9.17) is 16.3 Å². The van der Waals surface area contributed by atoms with Crippen molar-refractivity contribution in [3.63, 3.8) is 0 Å². The number of hydrogen-bond donors (Lipinski definition) is 1. The number of benzene rings is 2. The molecule has 2 aromatic carbocycles. The molecule has 9 heteroatoms. The van der Waals surface area contributed by atoms with E-state index < -0.39 is 25.1 Å². The van der Waals surface area contributed by atoms with Crippen LogP contribution in [0.25, 0.3) is 0 Å². The van der Waals surface area contributed by atoms with Crippen molar-refractivity contribution in [2.24, 2.45) is 0 Å². The largest absolute Gasteiger partial charge is 0.497 e. The number of thioether (sulfide) groups is 1. The second-order valence-corrected chi connectivity index (χ2v) is 10.9. The topological polar surface area (TPSA) is 89.5 Å². The predicted molar refractivity (Wildman–Crippen MR) is 121 cm³/mol. The van der Waals surface area contributed by atoms with Crippen LogP contribution in [0.15, 0.2) is 53.4 Å². The van der Waals surface area contributed by atoms with Gasteiger partial charge in [-0.3, -0.25) is 14.9 Å². The van der Waals surface area contributed by atoms with Gasteiger partial charge < -0.3 is 4.74 Å². The highest BCUT2D eigenvalue weighted by Gasteiger charge is 2.57. The minimum atomic E-state index is -4.12. The summed E-state index contributed by atoms with van der Waals surface area (Å²) in [6.45, 7) is 0. The van der Waals surface area contributed by atoms with Gasteiger partial charge in [0.05, 0.1) is 12.0 Å². The zero-order chi connectivity index (χ0) is 22.5. The molecule has 2 amide bonds. The highest BCUT2D eigenvalue weighted by Crippen LogP contribution is 2.44. The Bertz CT molecular complexity index is 1140. The Labute approximate surface area is 190 Å². The Hall–Kier alpha value is -2.47. The lowest BCUT2D eigenvalue weighted by Gasteiger charge is -2.24. The number of unbranched alkanes of at least 4 members (excludes halogenated alkanes) is 2. The van der Waals surface area contributed by atoms with Crippen LogP contribution in [-0.4, -0.2) is 30.8 Å². The first-order valence-corrected chi connectivity index (χ1v) is 12.1. The summed E-state index contributed by atoms with van der Waals surface area (Å²) in [4.78, 5) is 24.4. The standard InChI is InChI=1S/C22H20ClNO5S2/c1-29-18-11-13-19(14-12-18)31(27,28)22(20(25)24-21(26)30-22)15-5-3-2-4-6-16-7-9-17(23)10-8-16/h7-14H,2-3,5,15H2,1H3,(H,24,25,26). The number of carbonyl (C=O) groups excluding carboxylic acids is 2. The maximum Gasteiger partial charge on any atom is 0.287 e. The van der Waals surface area contributed by atoms with Gasteiger partial charge in [-0.15, -0.1) is 0 Å². The number of sulfone groups is 1. The van der Waals surface area contributed by atoms with Gasteiger partial charge in [0, 0.05) is 17.0 Å². The smallest absolute Gasteiger partial charge is 0.287 e. The Morgan fingerprint density at radius 1 is 1.06 bits per heavy atom. The molecule has 6 nitrogen and oxygen atoms in total. The number of methoxy groups -OCH3 is 1. The van der Waals surface area contributed by atoms with Crippen molar-refractivity contribution in [1.29, 1.82) is 0 Å². The van der Waals surface area contributed by atoms with Crippen molar-refractivity contribution >= 4 is 44.3 Å². The molecule has 0 spiro atoms. The maximum absolute atomic E-state index is 13.3. The molecule has 1 fully saturated rings. The molecular weight excluding hydrogens is 458 g/mol. The van der Waals surface area contributed by atoms with Crippen molar-refractivity contribution in [1.82, 2.24) is 5.32 Å². The van der Waals surface area contributed by atoms with E-state index in [9.17, 15) is 18.0 Å². The summed E-state index contributed by atoms with van der Waals surface area (Å²) in [5, 5.41) is 2.10. The number of halogens is 1. The molecule has 1 aliphatic rings. The van der Waals surface area contributed by atoms with Gasteiger partial charge in [-0.1, -0.05) is 23.4 Å². The lowest BCUT2D eigenvalue weighted by molar-refractivity contribution is -0.120. The van der Waals surface area contributed by atoms with Gasteiger partial charge in [-0.2, -0.15) is 0 Å². The number of hydrogen-bond acceptors (Lipinski definition) is 6. The number of imide groups is 1. The Morgan fingerprint density at radius 2 is 1.74 bits per heavy atom. The highest BCUT2D eigenvalue weighted by atomic mass is 35.5. The predicted octanol–water partition coefficient (Wildman–Crippen LogP) is 4.41. The molecule has 1 heterocycles. The summed E-state index contributed by atoms with van der Waals surface area (Å²) in [5.74, 6) is 5.74. The molecule has 0 bridgehead atoms. The van der Waals surface area contributed by atoms with E-state index in [0.29, 0.717) is 41.8 Å². The summed E-state index contributed by atoms with van der Waals surface area (Å²) < 4.78 is 29.8. The lowest BCUT2D eigenvalue weighted by Crippen LogP contribution is -2.43. The van der Waals surface area contributed by atoms with E-state index in [-0.39, 0.29) is 11.3 Å². The van der Waals surface area contributed by atoms with Gasteiger partial charge >= 0.3 is 0 Å². The Kier molecular flexibility index (Phi) is 7.31. The first-order chi connectivity index (χ1) is 14.8. The number of nitrogens with one attached hydrogen (secondary N) is 1. The van der Waals surface area contributed by atoms with E-state index in [2.05, 4.69) is 17.2 Å². The number of amides is 2. The van der Waals surface area contributed by atoms with Gasteiger partial charge in [0.2, 0.25) is 13.9 Å². The van der Waals surface area contributed by atoms with Crippen molar-refractivity contribution < 1.29 is 22.7 Å². The third-order valence-electron chi connectivity index (χ3n) is 4.76. The fourth-order valence-corrected chi connectivity index (χ4v) is 6.60. The number of ether oxygens (including phenoxy) is 1. The monoisotopic (exact) mass is 477 g/mol. The zero-order valence-electron chi connectivity index (χ0n) is 16.7. The van der Waals surface area contributed by atoms with E-state index in [1.54, 1.807) is 12.1 Å². The zero-order valence-corrected chi connectivity index (χ0v) is 19.1. The molecule has 1 saturated heterocycles. The van der Waals surface area contributed by atoms with Gasteiger partial charge in [0.1, 0.15) is 5.75 Å². The highest BCUT2D eigenvalue weighted by molar-refractivity contribution is 8.25. The van der Waals surface area contributed by atoms with E-state index in [1.807, 2.05) is 12.1 Å². The van der Waals surface area contributed by atoms with Crippen LogP contribution in [0.5, 0.6) is 5.75 Å². The molecule has 0 radical (unpaired) electrons. The van der Waals surface area contributed by atoms with Crippen LogP contribution < -0.4 is 10.1 Å². The second-order valence-electron chi connectivity index (χ2n) is 6.79. The molecular formula is C22H20ClNO5S2. The third kappa shape index (κ3) is 5.06. The maximum atomic E-state index is 13.3. The van der Waals surface area contributed by atoms with Crippen LogP contribution in [0.1, 0.15) is 31.2 Å². The van der Waals surface area contributed by atoms with Gasteiger partial charge in [-0.25, -0.2) is 8.42 Å². The fraction of sp³-hybridized carbons (Fsp3) is 0.273. The molecule has 1 unspecified atom stereocenters. The van der Waals surface area contributed by atoms with Gasteiger partial charge in [-0.05, 0) is 79.6 Å². The van der Waals surface area contributed by atoms with Gasteiger partial charge in [0.15, 0.2) is 0 Å².